The van der Waals surface area contributed by atoms with Crippen LogP contribution in [0.25, 0.3) is 0 Å². The molecule has 0 saturated carbocycles. The minimum atomic E-state index is 0.00734. The highest BCUT2D eigenvalue weighted by molar-refractivity contribution is 6.32. The molecule has 1 heterocycles. The van der Waals surface area contributed by atoms with E-state index in [9.17, 15) is 10.1 Å². The molecule has 0 N–H and O–H groups in total. The van der Waals surface area contributed by atoms with Crippen molar-refractivity contribution in [2.75, 3.05) is 18.0 Å². The van der Waals surface area contributed by atoms with Crippen molar-refractivity contribution in [3.63, 3.8) is 0 Å². The number of carbonyl (C=O) groups excluding carboxylic acids is 1. The van der Waals surface area contributed by atoms with E-state index in [1.54, 1.807) is 6.07 Å². The Morgan fingerprint density at radius 3 is 2.71 bits per heavy atom. The first-order valence-corrected chi connectivity index (χ1v) is 10.1. The Hall–Kier alpha value is -2.51. The van der Waals surface area contributed by atoms with Crippen molar-refractivity contribution in [2.45, 2.75) is 39.8 Å². The second kappa shape index (κ2) is 8.67. The lowest BCUT2D eigenvalue weighted by Crippen LogP contribution is -2.39. The van der Waals surface area contributed by atoms with E-state index in [-0.39, 0.29) is 17.9 Å². The number of benzene rings is 2. The number of rotatable bonds is 5. The molecule has 5 heteroatoms. The monoisotopic (exact) mass is 395 g/mol. The van der Waals surface area contributed by atoms with Crippen LogP contribution in [0.2, 0.25) is 5.02 Å². The van der Waals surface area contributed by atoms with E-state index in [2.05, 4.69) is 36.1 Å². The summed E-state index contributed by atoms with van der Waals surface area (Å²) in [6.07, 6.45) is 0.919. The summed E-state index contributed by atoms with van der Waals surface area (Å²) in [4.78, 5) is 16.7. The Bertz CT molecular complexity index is 903. The van der Waals surface area contributed by atoms with E-state index >= 15 is 0 Å². The molecule has 0 aromatic heterocycles. The van der Waals surface area contributed by atoms with Crippen LogP contribution in [0.1, 0.15) is 37.0 Å². The number of amides is 1. The molecule has 2 aromatic carbocycles. The first-order valence-electron chi connectivity index (χ1n) is 9.70. The number of nitriles is 1. The lowest BCUT2D eigenvalue weighted by atomic mass is 10.1. The van der Waals surface area contributed by atoms with Gasteiger partial charge in [0.1, 0.15) is 6.07 Å². The summed E-state index contributed by atoms with van der Waals surface area (Å²) in [6, 6.07) is 16.3. The number of anilines is 1. The number of halogens is 1. The Balaban J connectivity index is 1.91. The van der Waals surface area contributed by atoms with Gasteiger partial charge in [0.2, 0.25) is 5.91 Å². The average Bonchev–Trinajstić information content (AvgIpc) is 3.16. The van der Waals surface area contributed by atoms with Gasteiger partial charge in [0, 0.05) is 37.3 Å². The highest BCUT2D eigenvalue weighted by Gasteiger charge is 2.32. The molecular weight excluding hydrogens is 370 g/mol. The average molecular weight is 396 g/mol. The quantitative estimate of drug-likeness (QED) is 0.731. The zero-order valence-corrected chi connectivity index (χ0v) is 17.4. The van der Waals surface area contributed by atoms with Gasteiger partial charge in [-0.05, 0) is 42.7 Å². The molecule has 4 nitrogen and oxygen atoms in total. The standard InChI is InChI=1S/C23H26ClN3O/c1-16(2)23(28)26-11-10-21(15-26)27(14-19-7-5-4-6-17(19)3)20-9-8-18(13-25)22(24)12-20/h4-9,12,16,21H,10-11,14-15H2,1-3H3/t21-/m0/s1. The zero-order chi connectivity index (χ0) is 20.3. The number of carbonyl (C=O) groups is 1. The summed E-state index contributed by atoms with van der Waals surface area (Å²) < 4.78 is 0. The number of hydrogen-bond acceptors (Lipinski definition) is 3. The number of likely N-dealkylation sites (tertiary alicyclic amines) is 1. The van der Waals surface area contributed by atoms with E-state index in [1.807, 2.05) is 36.9 Å². The predicted molar refractivity (Wildman–Crippen MR) is 113 cm³/mol. The molecule has 0 spiro atoms. The molecule has 1 fully saturated rings. The first-order chi connectivity index (χ1) is 13.4. The van der Waals surface area contributed by atoms with Crippen LogP contribution < -0.4 is 4.90 Å². The predicted octanol–water partition coefficient (Wildman–Crippen LogP) is 4.78. The molecule has 0 radical (unpaired) electrons. The maximum atomic E-state index is 12.5. The van der Waals surface area contributed by atoms with Crippen LogP contribution in [-0.2, 0) is 11.3 Å². The van der Waals surface area contributed by atoms with Crippen molar-refractivity contribution < 1.29 is 4.79 Å². The first kappa shape index (κ1) is 20.2. The van der Waals surface area contributed by atoms with Crippen LogP contribution in [0.3, 0.4) is 0 Å². The van der Waals surface area contributed by atoms with Crippen molar-refractivity contribution >= 4 is 23.2 Å². The Kier molecular flexibility index (Phi) is 6.26. The van der Waals surface area contributed by atoms with Gasteiger partial charge in [-0.2, -0.15) is 5.26 Å². The molecule has 146 valence electrons. The largest absolute Gasteiger partial charge is 0.362 e. The molecule has 3 rings (SSSR count). The van der Waals surface area contributed by atoms with Gasteiger partial charge < -0.3 is 9.80 Å². The number of aryl methyl sites for hydroxylation is 1. The Morgan fingerprint density at radius 1 is 1.32 bits per heavy atom. The van der Waals surface area contributed by atoms with Crippen LogP contribution in [0.4, 0.5) is 5.69 Å². The smallest absolute Gasteiger partial charge is 0.225 e. The molecule has 1 amide bonds. The van der Waals surface area contributed by atoms with Gasteiger partial charge >= 0.3 is 0 Å². The van der Waals surface area contributed by atoms with E-state index in [0.717, 1.165) is 25.2 Å². The summed E-state index contributed by atoms with van der Waals surface area (Å²) in [5, 5.41) is 9.65. The Morgan fingerprint density at radius 2 is 2.07 bits per heavy atom. The summed E-state index contributed by atoms with van der Waals surface area (Å²) in [6.45, 7) is 8.23. The van der Waals surface area contributed by atoms with Crippen molar-refractivity contribution in [2.24, 2.45) is 5.92 Å². The molecule has 1 aliphatic rings. The molecule has 1 atom stereocenters. The molecule has 0 aliphatic carbocycles. The third kappa shape index (κ3) is 4.31. The highest BCUT2D eigenvalue weighted by Crippen LogP contribution is 2.30. The van der Waals surface area contributed by atoms with Gasteiger partial charge in [0.25, 0.3) is 0 Å². The molecule has 1 aliphatic heterocycles. The fourth-order valence-electron chi connectivity index (χ4n) is 3.74. The lowest BCUT2D eigenvalue weighted by molar-refractivity contribution is -0.133. The van der Waals surface area contributed by atoms with Gasteiger partial charge in [0.15, 0.2) is 0 Å². The van der Waals surface area contributed by atoms with Gasteiger partial charge in [-0.3, -0.25) is 4.79 Å². The minimum Gasteiger partial charge on any atom is -0.362 e. The van der Waals surface area contributed by atoms with Crippen LogP contribution in [0.5, 0.6) is 0 Å². The van der Waals surface area contributed by atoms with Gasteiger partial charge in [0.05, 0.1) is 10.6 Å². The third-order valence-electron chi connectivity index (χ3n) is 5.42. The van der Waals surface area contributed by atoms with Crippen LogP contribution in [0, 0.1) is 24.2 Å². The van der Waals surface area contributed by atoms with Crippen LogP contribution in [0.15, 0.2) is 42.5 Å². The molecule has 2 aromatic rings. The van der Waals surface area contributed by atoms with Crippen molar-refractivity contribution in [1.29, 1.82) is 5.26 Å². The summed E-state index contributed by atoms with van der Waals surface area (Å²) in [5.74, 6) is 0.212. The normalized spacial score (nSPS) is 16.3. The second-order valence-electron chi connectivity index (χ2n) is 7.71. The van der Waals surface area contributed by atoms with Crippen molar-refractivity contribution in [3.05, 3.63) is 64.2 Å². The lowest BCUT2D eigenvalue weighted by Gasteiger charge is -2.32. The molecule has 0 bridgehead atoms. The van der Waals surface area contributed by atoms with Gasteiger partial charge in [-0.15, -0.1) is 0 Å². The molecule has 1 saturated heterocycles. The van der Waals surface area contributed by atoms with Crippen molar-refractivity contribution in [3.8, 4) is 6.07 Å². The minimum absolute atomic E-state index is 0.00734. The fourth-order valence-corrected chi connectivity index (χ4v) is 3.95. The topological polar surface area (TPSA) is 47.3 Å². The third-order valence-corrected chi connectivity index (χ3v) is 5.73. The summed E-state index contributed by atoms with van der Waals surface area (Å²) in [7, 11) is 0. The van der Waals surface area contributed by atoms with Gasteiger partial charge in [-0.25, -0.2) is 0 Å². The fraction of sp³-hybridized carbons (Fsp3) is 0.391. The second-order valence-corrected chi connectivity index (χ2v) is 8.12. The van der Waals surface area contributed by atoms with Gasteiger partial charge in [-0.1, -0.05) is 49.7 Å². The number of hydrogen-bond donors (Lipinski definition) is 0. The van der Waals surface area contributed by atoms with Crippen LogP contribution in [-0.4, -0.2) is 29.9 Å². The van der Waals surface area contributed by atoms with E-state index in [0.29, 0.717) is 17.1 Å². The highest BCUT2D eigenvalue weighted by atomic mass is 35.5. The molecular formula is C23H26ClN3O. The maximum absolute atomic E-state index is 12.5. The zero-order valence-electron chi connectivity index (χ0n) is 16.7. The van der Waals surface area contributed by atoms with Crippen LogP contribution >= 0.6 is 11.6 Å². The Labute approximate surface area is 172 Å². The SMILES string of the molecule is Cc1ccccc1CN(c1ccc(C#N)c(Cl)c1)[C@H]1CCN(C(=O)C(C)C)C1. The summed E-state index contributed by atoms with van der Waals surface area (Å²) in [5.41, 5.74) is 3.94. The summed E-state index contributed by atoms with van der Waals surface area (Å²) >= 11 is 6.32. The van der Waals surface area contributed by atoms with E-state index < -0.39 is 0 Å². The van der Waals surface area contributed by atoms with E-state index in [4.69, 9.17) is 11.6 Å². The molecule has 0 unspecified atom stereocenters. The maximum Gasteiger partial charge on any atom is 0.225 e. The van der Waals surface area contributed by atoms with Crippen molar-refractivity contribution in [1.82, 2.24) is 4.90 Å². The number of nitrogens with zero attached hydrogens (tertiary/aromatic N) is 3. The van der Waals surface area contributed by atoms with E-state index in [1.165, 1.54) is 11.1 Å². The molecule has 28 heavy (non-hydrogen) atoms.